The lowest BCUT2D eigenvalue weighted by molar-refractivity contribution is 0.0657. The van der Waals surface area contributed by atoms with E-state index < -0.39 is 0 Å². The van der Waals surface area contributed by atoms with E-state index in [9.17, 15) is 9.59 Å². The maximum Gasteiger partial charge on any atom is 0.261 e. The molecule has 0 bridgehead atoms. The summed E-state index contributed by atoms with van der Waals surface area (Å²) in [7, 11) is 1.77. The molecule has 2 aliphatic heterocycles. The van der Waals surface area contributed by atoms with Crippen LogP contribution >= 0.6 is 0 Å². The van der Waals surface area contributed by atoms with Crippen LogP contribution in [-0.2, 0) is 0 Å². The number of benzene rings is 1. The molecule has 0 radical (unpaired) electrons. The largest absolute Gasteiger partial charge is 0.354 e. The van der Waals surface area contributed by atoms with Crippen molar-refractivity contribution in [3.63, 3.8) is 0 Å². The fourth-order valence-electron chi connectivity index (χ4n) is 3.27. The van der Waals surface area contributed by atoms with Gasteiger partial charge in [0.1, 0.15) is 0 Å². The number of amides is 2. The molecule has 2 heterocycles. The molecule has 0 saturated carbocycles. The van der Waals surface area contributed by atoms with E-state index in [0.29, 0.717) is 24.2 Å². The first-order chi connectivity index (χ1) is 11.6. The van der Waals surface area contributed by atoms with E-state index in [0.717, 1.165) is 25.0 Å². The van der Waals surface area contributed by atoms with Crippen molar-refractivity contribution in [2.75, 3.05) is 33.2 Å². The summed E-state index contributed by atoms with van der Waals surface area (Å²) in [6.45, 7) is 5.11. The number of imide groups is 1. The molecule has 1 N–H and O–H groups in total. The number of nitrogens with zero attached hydrogens (tertiary/aromatic N) is 3. The highest BCUT2D eigenvalue weighted by molar-refractivity contribution is 6.21. The molecule has 6 heteroatoms. The number of likely N-dealkylation sites (tertiary alicyclic amines) is 1. The fourth-order valence-corrected chi connectivity index (χ4v) is 3.27. The van der Waals surface area contributed by atoms with E-state index in [4.69, 9.17) is 0 Å². The standard InChI is InChI=1S/C18H24N4O2/c1-13-7-10-21(11-8-13)18(19-2)20-9-12-22-16(23)14-5-3-4-6-15(14)17(22)24/h3-6,13H,7-12H2,1-2H3,(H,19,20). The van der Waals surface area contributed by atoms with Crippen molar-refractivity contribution in [2.45, 2.75) is 19.8 Å². The summed E-state index contributed by atoms with van der Waals surface area (Å²) in [6, 6.07) is 6.98. The van der Waals surface area contributed by atoms with Crippen LogP contribution in [0.5, 0.6) is 0 Å². The number of hydrogen-bond donors (Lipinski definition) is 1. The lowest BCUT2D eigenvalue weighted by atomic mass is 10.00. The first-order valence-electron chi connectivity index (χ1n) is 8.52. The minimum Gasteiger partial charge on any atom is -0.354 e. The van der Waals surface area contributed by atoms with Gasteiger partial charge in [-0.3, -0.25) is 19.5 Å². The van der Waals surface area contributed by atoms with Gasteiger partial charge >= 0.3 is 0 Å². The van der Waals surface area contributed by atoms with E-state index in [1.807, 2.05) is 0 Å². The Bertz CT molecular complexity index is 628. The Morgan fingerprint density at radius 2 is 1.75 bits per heavy atom. The topological polar surface area (TPSA) is 65.0 Å². The fraction of sp³-hybridized carbons (Fsp3) is 0.500. The van der Waals surface area contributed by atoms with Gasteiger partial charge in [0.25, 0.3) is 11.8 Å². The molecule has 1 aromatic carbocycles. The van der Waals surface area contributed by atoms with Gasteiger partial charge in [-0.1, -0.05) is 19.1 Å². The second-order valence-corrected chi connectivity index (χ2v) is 6.45. The molecule has 6 nitrogen and oxygen atoms in total. The van der Waals surface area contributed by atoms with Gasteiger partial charge in [0.05, 0.1) is 11.1 Å². The molecule has 1 aromatic rings. The zero-order chi connectivity index (χ0) is 17.1. The molecule has 0 unspecified atom stereocenters. The molecule has 2 amide bonds. The molecule has 1 saturated heterocycles. The van der Waals surface area contributed by atoms with Gasteiger partial charge in [0.2, 0.25) is 0 Å². The van der Waals surface area contributed by atoms with Gasteiger partial charge in [-0.2, -0.15) is 0 Å². The zero-order valence-electron chi connectivity index (χ0n) is 14.3. The summed E-state index contributed by atoms with van der Waals surface area (Å²) in [5.74, 6) is 1.19. The Hall–Kier alpha value is -2.37. The maximum atomic E-state index is 12.3. The van der Waals surface area contributed by atoms with Crippen LogP contribution in [0.4, 0.5) is 0 Å². The summed E-state index contributed by atoms with van der Waals surface area (Å²) in [6.07, 6.45) is 2.33. The van der Waals surface area contributed by atoms with Crippen molar-refractivity contribution in [3.05, 3.63) is 35.4 Å². The summed E-state index contributed by atoms with van der Waals surface area (Å²) in [4.78, 5) is 32.5. The Morgan fingerprint density at radius 3 is 2.29 bits per heavy atom. The van der Waals surface area contributed by atoms with Crippen molar-refractivity contribution in [1.82, 2.24) is 15.1 Å². The summed E-state index contributed by atoms with van der Waals surface area (Å²) < 4.78 is 0. The number of hydrogen-bond acceptors (Lipinski definition) is 3. The molecule has 24 heavy (non-hydrogen) atoms. The quantitative estimate of drug-likeness (QED) is 0.520. The summed E-state index contributed by atoms with van der Waals surface area (Å²) in [5.41, 5.74) is 0.994. The van der Waals surface area contributed by atoms with E-state index in [-0.39, 0.29) is 11.8 Å². The second kappa shape index (κ2) is 7.03. The number of guanidine groups is 1. The van der Waals surface area contributed by atoms with Gasteiger partial charge in [-0.05, 0) is 30.9 Å². The molecule has 0 atom stereocenters. The van der Waals surface area contributed by atoms with Crippen molar-refractivity contribution in [1.29, 1.82) is 0 Å². The zero-order valence-corrected chi connectivity index (χ0v) is 14.3. The lowest BCUT2D eigenvalue weighted by Crippen LogP contribution is -2.47. The molecule has 0 aromatic heterocycles. The van der Waals surface area contributed by atoms with Crippen LogP contribution < -0.4 is 5.32 Å². The highest BCUT2D eigenvalue weighted by atomic mass is 16.2. The van der Waals surface area contributed by atoms with Gasteiger partial charge in [-0.15, -0.1) is 0 Å². The molecule has 1 fully saturated rings. The molecular formula is C18H24N4O2. The van der Waals surface area contributed by atoms with Crippen LogP contribution in [0.3, 0.4) is 0 Å². The van der Waals surface area contributed by atoms with E-state index in [1.165, 1.54) is 17.7 Å². The minimum atomic E-state index is -0.209. The highest BCUT2D eigenvalue weighted by Crippen LogP contribution is 2.21. The van der Waals surface area contributed by atoms with Crippen LogP contribution in [0.15, 0.2) is 29.3 Å². The van der Waals surface area contributed by atoms with E-state index >= 15 is 0 Å². The van der Waals surface area contributed by atoms with Gasteiger partial charge in [-0.25, -0.2) is 0 Å². The van der Waals surface area contributed by atoms with E-state index in [2.05, 4.69) is 22.1 Å². The predicted octanol–water partition coefficient (Wildman–Crippen LogP) is 1.59. The molecule has 128 valence electrons. The molecular weight excluding hydrogens is 304 g/mol. The third-order valence-corrected chi connectivity index (χ3v) is 4.79. The maximum absolute atomic E-state index is 12.3. The second-order valence-electron chi connectivity index (χ2n) is 6.45. The van der Waals surface area contributed by atoms with Crippen LogP contribution in [-0.4, -0.2) is 60.8 Å². The van der Waals surface area contributed by atoms with Gasteiger partial charge in [0, 0.05) is 33.2 Å². The monoisotopic (exact) mass is 328 g/mol. The Balaban J connectivity index is 1.55. The number of carbonyl (C=O) groups excluding carboxylic acids is 2. The molecule has 0 aliphatic carbocycles. The predicted molar refractivity (Wildman–Crippen MR) is 93.1 cm³/mol. The smallest absolute Gasteiger partial charge is 0.261 e. The number of piperidine rings is 1. The average molecular weight is 328 g/mol. The Labute approximate surface area is 142 Å². The first kappa shape index (κ1) is 16.5. The van der Waals surface area contributed by atoms with Crippen LogP contribution in [0.25, 0.3) is 0 Å². The summed E-state index contributed by atoms with van der Waals surface area (Å²) in [5, 5.41) is 3.28. The minimum absolute atomic E-state index is 0.209. The van der Waals surface area contributed by atoms with Crippen molar-refractivity contribution >= 4 is 17.8 Å². The van der Waals surface area contributed by atoms with Crippen LogP contribution in [0, 0.1) is 5.92 Å². The van der Waals surface area contributed by atoms with E-state index in [1.54, 1.807) is 31.3 Å². The summed E-state index contributed by atoms with van der Waals surface area (Å²) >= 11 is 0. The van der Waals surface area contributed by atoms with Crippen LogP contribution in [0.2, 0.25) is 0 Å². The number of aliphatic imine (C=N–C) groups is 1. The lowest BCUT2D eigenvalue weighted by Gasteiger charge is -2.33. The van der Waals surface area contributed by atoms with Crippen molar-refractivity contribution < 1.29 is 9.59 Å². The van der Waals surface area contributed by atoms with Crippen LogP contribution in [0.1, 0.15) is 40.5 Å². The Morgan fingerprint density at radius 1 is 1.17 bits per heavy atom. The normalized spacial score (nSPS) is 19.0. The highest BCUT2D eigenvalue weighted by Gasteiger charge is 2.34. The third-order valence-electron chi connectivity index (χ3n) is 4.79. The first-order valence-corrected chi connectivity index (χ1v) is 8.52. The SMILES string of the molecule is CN=C(NCCN1C(=O)c2ccccc2C1=O)N1CCC(C)CC1. The molecule has 2 aliphatic rings. The molecule has 0 spiro atoms. The number of rotatable bonds is 3. The number of carbonyl (C=O) groups is 2. The van der Waals surface area contributed by atoms with Gasteiger partial charge < -0.3 is 10.2 Å². The van der Waals surface area contributed by atoms with Crippen molar-refractivity contribution in [2.24, 2.45) is 10.9 Å². The molecule has 3 rings (SSSR count). The van der Waals surface area contributed by atoms with Gasteiger partial charge in [0.15, 0.2) is 5.96 Å². The Kier molecular flexibility index (Phi) is 4.83. The number of fused-ring (bicyclic) bond motifs is 1. The number of nitrogens with one attached hydrogen (secondary N) is 1. The third kappa shape index (κ3) is 3.13. The average Bonchev–Trinajstić information content (AvgIpc) is 2.85. The van der Waals surface area contributed by atoms with Crippen molar-refractivity contribution in [3.8, 4) is 0 Å².